The first kappa shape index (κ1) is 15.2. The van der Waals surface area contributed by atoms with Crippen molar-refractivity contribution in [2.75, 3.05) is 5.32 Å². The lowest BCUT2D eigenvalue weighted by Gasteiger charge is -2.25. The number of hydrogen-bond donors (Lipinski definition) is 1. The van der Waals surface area contributed by atoms with Gasteiger partial charge in [0.05, 0.1) is 0 Å². The topological polar surface area (TPSA) is 92.3 Å². The van der Waals surface area contributed by atoms with Gasteiger partial charge < -0.3 is 9.88 Å². The largest absolute Gasteiger partial charge is 0.364 e. The molecule has 7 nitrogen and oxygen atoms in total. The quantitative estimate of drug-likeness (QED) is 0.788. The number of fused-ring (bicyclic) bond motifs is 1. The van der Waals surface area contributed by atoms with Crippen molar-refractivity contribution in [1.29, 1.82) is 5.26 Å². The van der Waals surface area contributed by atoms with E-state index >= 15 is 0 Å². The molecule has 0 spiro atoms. The zero-order chi connectivity index (χ0) is 17.2. The maximum atomic E-state index is 13.1. The summed E-state index contributed by atoms with van der Waals surface area (Å²) >= 11 is 0. The Labute approximate surface area is 143 Å². The fourth-order valence-corrected chi connectivity index (χ4v) is 2.94. The summed E-state index contributed by atoms with van der Waals surface area (Å²) in [7, 11) is 0. The van der Waals surface area contributed by atoms with Crippen LogP contribution in [0.2, 0.25) is 0 Å². The van der Waals surface area contributed by atoms with Gasteiger partial charge in [0.25, 0.3) is 0 Å². The fraction of sp³-hybridized carbons (Fsp3) is 0.235. The van der Waals surface area contributed by atoms with Gasteiger partial charge in [-0.2, -0.15) is 5.26 Å². The van der Waals surface area contributed by atoms with Crippen LogP contribution in [0.3, 0.4) is 0 Å². The number of aryl methyl sites for hydroxylation is 1. The van der Waals surface area contributed by atoms with Gasteiger partial charge in [-0.05, 0) is 42.8 Å². The first-order valence-corrected chi connectivity index (χ1v) is 7.91. The third kappa shape index (κ3) is 3.04. The molecule has 1 aliphatic rings. The molecule has 3 heterocycles. The molecule has 8 heteroatoms. The first-order valence-electron chi connectivity index (χ1n) is 7.91. The lowest BCUT2D eigenvalue weighted by molar-refractivity contribution is 0.478. The van der Waals surface area contributed by atoms with Gasteiger partial charge >= 0.3 is 0 Å². The Morgan fingerprint density at radius 1 is 1.08 bits per heavy atom. The molecule has 3 aromatic rings. The molecule has 0 radical (unpaired) electrons. The molecule has 0 aliphatic carbocycles. The Morgan fingerprint density at radius 3 is 2.64 bits per heavy atom. The van der Waals surface area contributed by atoms with E-state index in [0.29, 0.717) is 12.4 Å². The molecule has 4 rings (SSSR count). The number of nitrogens with zero attached hydrogens (tertiary/aromatic N) is 6. The van der Waals surface area contributed by atoms with Gasteiger partial charge in [-0.15, -0.1) is 20.4 Å². The highest BCUT2D eigenvalue weighted by Crippen LogP contribution is 2.24. The number of nitrogens with one attached hydrogen (secondary N) is 1. The van der Waals surface area contributed by atoms with Crippen molar-refractivity contribution >= 4 is 5.82 Å². The van der Waals surface area contributed by atoms with Crippen LogP contribution in [0, 0.1) is 17.1 Å². The zero-order valence-corrected chi connectivity index (χ0v) is 13.2. The van der Waals surface area contributed by atoms with Crippen LogP contribution in [0.25, 0.3) is 11.4 Å². The molecule has 0 saturated heterocycles. The molecule has 0 fully saturated rings. The van der Waals surface area contributed by atoms with E-state index in [2.05, 4.69) is 25.7 Å². The van der Waals surface area contributed by atoms with Gasteiger partial charge in [0.1, 0.15) is 23.5 Å². The van der Waals surface area contributed by atoms with Gasteiger partial charge in [0, 0.05) is 24.6 Å². The highest BCUT2D eigenvalue weighted by Gasteiger charge is 2.23. The molecule has 124 valence electrons. The molecule has 0 unspecified atom stereocenters. The van der Waals surface area contributed by atoms with Crippen LogP contribution >= 0.6 is 0 Å². The minimum atomic E-state index is -0.277. The summed E-state index contributed by atoms with van der Waals surface area (Å²) in [6.45, 7) is 0.677. The molecule has 1 atom stereocenters. The van der Waals surface area contributed by atoms with E-state index in [0.717, 1.165) is 30.1 Å². The van der Waals surface area contributed by atoms with Gasteiger partial charge in [-0.1, -0.05) is 0 Å². The van der Waals surface area contributed by atoms with Crippen LogP contribution in [0.15, 0.2) is 36.4 Å². The van der Waals surface area contributed by atoms with E-state index in [4.69, 9.17) is 5.26 Å². The molecule has 1 aliphatic heterocycles. The summed E-state index contributed by atoms with van der Waals surface area (Å²) in [5, 5.41) is 28.5. The summed E-state index contributed by atoms with van der Waals surface area (Å²) in [6, 6.07) is 11.7. The van der Waals surface area contributed by atoms with Crippen LogP contribution in [0.5, 0.6) is 0 Å². The lowest BCUT2D eigenvalue weighted by atomic mass is 10.1. The van der Waals surface area contributed by atoms with Crippen molar-refractivity contribution in [2.24, 2.45) is 0 Å². The van der Waals surface area contributed by atoms with E-state index in [1.165, 1.54) is 12.1 Å². The smallest absolute Gasteiger partial charge is 0.164 e. The van der Waals surface area contributed by atoms with Crippen molar-refractivity contribution in [2.45, 2.75) is 25.4 Å². The maximum absolute atomic E-state index is 13.1. The first-order chi connectivity index (χ1) is 12.2. The van der Waals surface area contributed by atoms with E-state index in [1.54, 1.807) is 24.3 Å². The average Bonchev–Trinajstić information content (AvgIpc) is 3.06. The van der Waals surface area contributed by atoms with Crippen molar-refractivity contribution in [1.82, 2.24) is 25.0 Å². The van der Waals surface area contributed by atoms with Crippen LogP contribution in [-0.4, -0.2) is 31.0 Å². The maximum Gasteiger partial charge on any atom is 0.164 e. The zero-order valence-electron chi connectivity index (χ0n) is 13.2. The Hall–Kier alpha value is -3.34. The van der Waals surface area contributed by atoms with Crippen molar-refractivity contribution in [3.8, 4) is 17.5 Å². The Balaban J connectivity index is 1.55. The third-order valence-corrected chi connectivity index (χ3v) is 4.18. The third-order valence-electron chi connectivity index (χ3n) is 4.18. The van der Waals surface area contributed by atoms with Crippen LogP contribution < -0.4 is 5.32 Å². The fourth-order valence-electron chi connectivity index (χ4n) is 2.94. The predicted molar refractivity (Wildman–Crippen MR) is 87.9 cm³/mol. The standard InChI is InChI=1S/C17H14FN7/c18-12-3-1-11(2-4-12)17-24-23-16-8-6-14(10-25(16)17)20-15-7-5-13(9-19)21-22-15/h1-5,7,14H,6,8,10H2,(H,20,22)/t14-/m1/s1. The molecule has 25 heavy (non-hydrogen) atoms. The van der Waals surface area contributed by atoms with Crippen LogP contribution in [0.4, 0.5) is 10.2 Å². The Morgan fingerprint density at radius 2 is 1.92 bits per heavy atom. The number of hydrogen-bond acceptors (Lipinski definition) is 6. The molecule has 1 aromatic carbocycles. The predicted octanol–water partition coefficient (Wildman–Crippen LogP) is 2.17. The second-order valence-electron chi connectivity index (χ2n) is 5.85. The Bertz CT molecular complexity index is 925. The summed E-state index contributed by atoms with van der Waals surface area (Å²) < 4.78 is 15.2. The minimum absolute atomic E-state index is 0.143. The van der Waals surface area contributed by atoms with E-state index in [-0.39, 0.29) is 17.6 Å². The van der Waals surface area contributed by atoms with Gasteiger partial charge in [0.2, 0.25) is 0 Å². The summed E-state index contributed by atoms with van der Waals surface area (Å²) in [5.74, 6) is 2.00. The highest BCUT2D eigenvalue weighted by atomic mass is 19.1. The normalized spacial score (nSPS) is 16.1. The second kappa shape index (κ2) is 6.28. The number of nitriles is 1. The molecular weight excluding hydrogens is 321 g/mol. The molecule has 0 amide bonds. The van der Waals surface area contributed by atoms with E-state index in [1.807, 2.05) is 10.6 Å². The van der Waals surface area contributed by atoms with Gasteiger partial charge in [0.15, 0.2) is 11.5 Å². The van der Waals surface area contributed by atoms with Crippen LogP contribution in [0.1, 0.15) is 17.9 Å². The number of anilines is 1. The summed E-state index contributed by atoms with van der Waals surface area (Å²) in [4.78, 5) is 0. The van der Waals surface area contributed by atoms with Crippen molar-refractivity contribution < 1.29 is 4.39 Å². The SMILES string of the molecule is N#Cc1ccc(N[C@@H]2CCc3nnc(-c4ccc(F)cc4)n3C2)nn1. The highest BCUT2D eigenvalue weighted by molar-refractivity contribution is 5.55. The van der Waals surface area contributed by atoms with Crippen molar-refractivity contribution in [3.63, 3.8) is 0 Å². The Kier molecular flexibility index (Phi) is 3.82. The monoisotopic (exact) mass is 335 g/mol. The van der Waals surface area contributed by atoms with E-state index < -0.39 is 0 Å². The minimum Gasteiger partial charge on any atom is -0.364 e. The number of rotatable bonds is 3. The number of benzene rings is 1. The number of halogens is 1. The van der Waals surface area contributed by atoms with Crippen LogP contribution in [-0.2, 0) is 13.0 Å². The molecular formula is C17H14FN7. The molecule has 0 bridgehead atoms. The molecule has 0 saturated carbocycles. The van der Waals surface area contributed by atoms with Gasteiger partial charge in [-0.3, -0.25) is 0 Å². The summed E-state index contributed by atoms with van der Waals surface area (Å²) in [5.41, 5.74) is 1.12. The van der Waals surface area contributed by atoms with Gasteiger partial charge in [-0.25, -0.2) is 4.39 Å². The average molecular weight is 335 g/mol. The molecule has 2 aromatic heterocycles. The van der Waals surface area contributed by atoms with Crippen molar-refractivity contribution in [3.05, 3.63) is 53.7 Å². The van der Waals surface area contributed by atoms with E-state index in [9.17, 15) is 4.39 Å². The second-order valence-corrected chi connectivity index (χ2v) is 5.85. The lowest BCUT2D eigenvalue weighted by Crippen LogP contribution is -2.32. The molecule has 1 N–H and O–H groups in total. The summed E-state index contributed by atoms with van der Waals surface area (Å²) in [6.07, 6.45) is 1.68. The number of aromatic nitrogens is 5.